The maximum absolute atomic E-state index is 5.27. The van der Waals surface area contributed by atoms with E-state index in [4.69, 9.17) is 10.5 Å². The molecular weight excluding hydrogens is 198 g/mol. The van der Waals surface area contributed by atoms with Gasteiger partial charge in [0.2, 0.25) is 0 Å². The molecule has 0 spiro atoms. The first-order valence-corrected chi connectivity index (χ1v) is 6.76. The quantitative estimate of drug-likeness (QED) is 0.449. The molecule has 2 N–H and O–H groups in total. The van der Waals surface area contributed by atoms with Gasteiger partial charge in [-0.25, -0.2) is 0 Å². The molecular formula is C14H31NO. The zero-order valence-corrected chi connectivity index (χ0v) is 11.3. The van der Waals surface area contributed by atoms with Crippen molar-refractivity contribution in [3.8, 4) is 0 Å². The highest BCUT2D eigenvalue weighted by atomic mass is 16.5. The molecule has 0 fully saturated rings. The summed E-state index contributed by atoms with van der Waals surface area (Å²) in [5, 5.41) is 0. The van der Waals surface area contributed by atoms with E-state index in [9.17, 15) is 0 Å². The summed E-state index contributed by atoms with van der Waals surface area (Å²) in [6, 6.07) is 0. The Morgan fingerprint density at radius 1 is 0.938 bits per heavy atom. The lowest BCUT2D eigenvalue weighted by molar-refractivity contribution is 0.242. The molecule has 0 aliphatic rings. The van der Waals surface area contributed by atoms with Crippen molar-refractivity contribution in [2.45, 2.75) is 65.2 Å². The average molecular weight is 229 g/mol. The van der Waals surface area contributed by atoms with Crippen molar-refractivity contribution in [2.75, 3.05) is 13.2 Å². The van der Waals surface area contributed by atoms with Gasteiger partial charge in [0.05, 0.1) is 12.9 Å². The van der Waals surface area contributed by atoms with Crippen LogP contribution in [0.4, 0.5) is 0 Å². The van der Waals surface area contributed by atoms with Crippen molar-refractivity contribution < 1.29 is 4.74 Å². The monoisotopic (exact) mass is 229 g/mol. The van der Waals surface area contributed by atoms with E-state index in [1.165, 1.54) is 57.6 Å². The molecule has 0 saturated heterocycles. The highest BCUT2D eigenvalue weighted by Gasteiger charge is 1.84. The zero-order chi connectivity index (χ0) is 12.5. The van der Waals surface area contributed by atoms with Crippen LogP contribution in [0, 0.1) is 0 Å². The topological polar surface area (TPSA) is 35.2 Å². The van der Waals surface area contributed by atoms with Crippen LogP contribution in [-0.2, 0) is 4.74 Å². The summed E-state index contributed by atoms with van der Waals surface area (Å²) in [6.45, 7) is 9.56. The van der Waals surface area contributed by atoms with E-state index in [0.29, 0.717) is 0 Å². The summed E-state index contributed by atoms with van der Waals surface area (Å²) in [5.74, 6) is 0. The van der Waals surface area contributed by atoms with Crippen LogP contribution >= 0.6 is 0 Å². The number of rotatable bonds is 10. The van der Waals surface area contributed by atoms with E-state index < -0.39 is 0 Å². The van der Waals surface area contributed by atoms with Crippen LogP contribution in [0.2, 0.25) is 0 Å². The Bertz CT molecular complexity index is 111. The van der Waals surface area contributed by atoms with E-state index in [-0.39, 0.29) is 0 Å². The number of hydrogen-bond donors (Lipinski definition) is 1. The van der Waals surface area contributed by atoms with Crippen molar-refractivity contribution in [3.63, 3.8) is 0 Å². The molecule has 0 amide bonds. The fourth-order valence-electron chi connectivity index (χ4n) is 1.27. The van der Waals surface area contributed by atoms with Crippen molar-refractivity contribution in [2.24, 2.45) is 5.73 Å². The SMILES string of the molecule is C=COCCCCCC.CCCCCCN. The Hall–Kier alpha value is -0.500. The average Bonchev–Trinajstić information content (AvgIpc) is 2.31. The molecule has 16 heavy (non-hydrogen) atoms. The van der Waals surface area contributed by atoms with Gasteiger partial charge in [-0.15, -0.1) is 0 Å². The lowest BCUT2D eigenvalue weighted by Gasteiger charge is -1.97. The van der Waals surface area contributed by atoms with Gasteiger partial charge in [0, 0.05) is 0 Å². The van der Waals surface area contributed by atoms with Crippen LogP contribution in [-0.4, -0.2) is 13.2 Å². The van der Waals surface area contributed by atoms with Crippen LogP contribution in [0.1, 0.15) is 65.2 Å². The fourth-order valence-corrected chi connectivity index (χ4v) is 1.27. The van der Waals surface area contributed by atoms with Crippen molar-refractivity contribution >= 4 is 0 Å². The second-order valence-electron chi connectivity index (χ2n) is 3.95. The largest absolute Gasteiger partial charge is 0.502 e. The van der Waals surface area contributed by atoms with Crippen LogP contribution in [0.3, 0.4) is 0 Å². The molecule has 0 unspecified atom stereocenters. The van der Waals surface area contributed by atoms with Crippen molar-refractivity contribution in [1.29, 1.82) is 0 Å². The molecule has 2 heteroatoms. The molecule has 0 saturated carbocycles. The van der Waals surface area contributed by atoms with Crippen LogP contribution < -0.4 is 5.73 Å². The van der Waals surface area contributed by atoms with Gasteiger partial charge in [0.1, 0.15) is 0 Å². The molecule has 0 rings (SSSR count). The van der Waals surface area contributed by atoms with E-state index in [0.717, 1.165) is 13.2 Å². The summed E-state index contributed by atoms with van der Waals surface area (Å²) in [5.41, 5.74) is 5.27. The first-order valence-electron chi connectivity index (χ1n) is 6.76. The van der Waals surface area contributed by atoms with Crippen molar-refractivity contribution in [1.82, 2.24) is 0 Å². The number of unbranched alkanes of at least 4 members (excludes halogenated alkanes) is 6. The Morgan fingerprint density at radius 2 is 1.50 bits per heavy atom. The van der Waals surface area contributed by atoms with Gasteiger partial charge in [-0.1, -0.05) is 59.0 Å². The molecule has 0 radical (unpaired) electrons. The minimum Gasteiger partial charge on any atom is -0.502 e. The third-order valence-electron chi connectivity index (χ3n) is 2.29. The second-order valence-corrected chi connectivity index (χ2v) is 3.95. The molecule has 0 aromatic heterocycles. The van der Waals surface area contributed by atoms with Crippen molar-refractivity contribution in [3.05, 3.63) is 12.8 Å². The molecule has 0 bridgehead atoms. The van der Waals surface area contributed by atoms with Gasteiger partial charge in [-0.3, -0.25) is 0 Å². The Morgan fingerprint density at radius 3 is 1.94 bits per heavy atom. The summed E-state index contributed by atoms with van der Waals surface area (Å²) < 4.78 is 4.94. The maximum atomic E-state index is 5.27. The van der Waals surface area contributed by atoms with Gasteiger partial charge in [-0.2, -0.15) is 0 Å². The number of ether oxygens (including phenoxy) is 1. The molecule has 0 heterocycles. The minimum atomic E-state index is 0.837. The maximum Gasteiger partial charge on any atom is 0.0873 e. The molecule has 0 aromatic carbocycles. The zero-order valence-electron chi connectivity index (χ0n) is 11.3. The highest BCUT2D eigenvalue weighted by molar-refractivity contribution is 4.48. The van der Waals surface area contributed by atoms with Crippen LogP contribution in [0.25, 0.3) is 0 Å². The Kier molecular flexibility index (Phi) is 22.3. The van der Waals surface area contributed by atoms with Gasteiger partial charge in [-0.05, 0) is 19.4 Å². The number of hydrogen-bond acceptors (Lipinski definition) is 2. The van der Waals surface area contributed by atoms with Gasteiger partial charge >= 0.3 is 0 Å². The van der Waals surface area contributed by atoms with Crippen LogP contribution in [0.15, 0.2) is 12.8 Å². The van der Waals surface area contributed by atoms with Gasteiger partial charge < -0.3 is 10.5 Å². The molecule has 0 atom stereocenters. The van der Waals surface area contributed by atoms with E-state index in [1.807, 2.05) is 0 Å². The van der Waals surface area contributed by atoms with E-state index >= 15 is 0 Å². The summed E-state index contributed by atoms with van der Waals surface area (Å²) in [6.07, 6.45) is 11.7. The van der Waals surface area contributed by atoms with Crippen LogP contribution in [0.5, 0.6) is 0 Å². The molecule has 0 aliphatic carbocycles. The fraction of sp³-hybridized carbons (Fsp3) is 0.857. The third kappa shape index (κ3) is 23.4. The first-order chi connectivity index (χ1) is 7.83. The van der Waals surface area contributed by atoms with E-state index in [1.54, 1.807) is 0 Å². The summed E-state index contributed by atoms with van der Waals surface area (Å²) in [4.78, 5) is 0. The molecule has 0 aromatic rings. The Balaban J connectivity index is 0. The second kappa shape index (κ2) is 20.0. The van der Waals surface area contributed by atoms with Gasteiger partial charge in [0.25, 0.3) is 0 Å². The standard InChI is InChI=1S/C8H16O.C6H15N/c1-3-5-6-7-8-9-4-2;1-2-3-4-5-6-7/h4H,2-3,5-8H2,1H3;2-7H2,1H3. The lowest BCUT2D eigenvalue weighted by atomic mass is 10.2. The smallest absolute Gasteiger partial charge is 0.0873 e. The normalized spacial score (nSPS) is 9.19. The van der Waals surface area contributed by atoms with Gasteiger partial charge in [0.15, 0.2) is 0 Å². The first kappa shape index (κ1) is 17.9. The highest BCUT2D eigenvalue weighted by Crippen LogP contribution is 1.98. The lowest BCUT2D eigenvalue weighted by Crippen LogP contribution is -1.97. The molecule has 0 aliphatic heterocycles. The number of nitrogens with two attached hydrogens (primary N) is 1. The summed E-state index contributed by atoms with van der Waals surface area (Å²) in [7, 11) is 0. The Labute approximate surface area is 102 Å². The predicted molar refractivity (Wildman–Crippen MR) is 73.5 cm³/mol. The minimum absolute atomic E-state index is 0.837. The predicted octanol–water partition coefficient (Wildman–Crippen LogP) is 4.25. The molecule has 2 nitrogen and oxygen atoms in total. The third-order valence-corrected chi connectivity index (χ3v) is 2.29. The summed E-state index contributed by atoms with van der Waals surface area (Å²) >= 11 is 0. The van der Waals surface area contributed by atoms with E-state index in [2.05, 4.69) is 20.4 Å². The molecule has 98 valence electrons.